The molecule has 6 nitrogen and oxygen atoms in total. The Kier molecular flexibility index (Phi) is 2.40. The van der Waals surface area contributed by atoms with Crippen molar-refractivity contribution in [1.82, 2.24) is 20.0 Å². The van der Waals surface area contributed by atoms with Crippen LogP contribution in [0.3, 0.4) is 0 Å². The Bertz CT molecular complexity index is 528. The highest BCUT2D eigenvalue weighted by atomic mass is 15.3. The number of rotatable bonds is 2. The zero-order valence-electron chi connectivity index (χ0n) is 9.10. The van der Waals surface area contributed by atoms with Crippen molar-refractivity contribution < 1.29 is 0 Å². The Labute approximate surface area is 92.6 Å². The van der Waals surface area contributed by atoms with Crippen LogP contribution in [0.25, 0.3) is 5.82 Å². The quantitative estimate of drug-likeness (QED) is 0.566. The largest absolute Gasteiger partial charge is 0.384 e. The van der Waals surface area contributed by atoms with Gasteiger partial charge in [-0.15, -0.1) is 5.10 Å². The lowest BCUT2D eigenvalue weighted by molar-refractivity contribution is 0.797. The molecule has 0 aliphatic carbocycles. The molecule has 2 aromatic heterocycles. The maximum atomic E-state index is 7.59. The summed E-state index contributed by atoms with van der Waals surface area (Å²) in [5.74, 6) is 0.460. The predicted octanol–water partition coefficient (Wildman–Crippen LogP) is 0.563. The van der Waals surface area contributed by atoms with Gasteiger partial charge in [-0.05, 0) is 25.5 Å². The molecule has 0 spiro atoms. The average Bonchev–Trinajstić information content (AvgIpc) is 2.74. The van der Waals surface area contributed by atoms with Gasteiger partial charge in [-0.2, -0.15) is 10.2 Å². The van der Waals surface area contributed by atoms with Crippen LogP contribution in [0.1, 0.15) is 16.8 Å². The van der Waals surface area contributed by atoms with E-state index in [-0.39, 0.29) is 5.84 Å². The van der Waals surface area contributed by atoms with Gasteiger partial charge in [0.2, 0.25) is 0 Å². The fourth-order valence-electron chi connectivity index (χ4n) is 1.47. The maximum Gasteiger partial charge on any atom is 0.186 e. The van der Waals surface area contributed by atoms with Crippen LogP contribution in [-0.4, -0.2) is 25.8 Å². The first-order valence-corrected chi connectivity index (χ1v) is 4.79. The second-order valence-electron chi connectivity index (χ2n) is 3.47. The van der Waals surface area contributed by atoms with E-state index >= 15 is 0 Å². The van der Waals surface area contributed by atoms with Crippen molar-refractivity contribution in [3.63, 3.8) is 0 Å². The predicted molar refractivity (Wildman–Crippen MR) is 59.6 cm³/mol. The molecule has 0 aromatic carbocycles. The van der Waals surface area contributed by atoms with Gasteiger partial charge >= 0.3 is 0 Å². The van der Waals surface area contributed by atoms with Gasteiger partial charge in [0.25, 0.3) is 0 Å². The Morgan fingerprint density at radius 2 is 2.12 bits per heavy atom. The number of nitrogen functional groups attached to an aromatic ring is 1. The van der Waals surface area contributed by atoms with Crippen LogP contribution < -0.4 is 5.73 Å². The van der Waals surface area contributed by atoms with Gasteiger partial charge in [-0.3, -0.25) is 5.41 Å². The summed E-state index contributed by atoms with van der Waals surface area (Å²) < 4.78 is 1.55. The van der Waals surface area contributed by atoms with E-state index < -0.39 is 0 Å². The molecule has 0 saturated carbocycles. The highest BCUT2D eigenvalue weighted by Gasteiger charge is 2.15. The average molecular weight is 216 g/mol. The molecule has 3 N–H and O–H groups in total. The van der Waals surface area contributed by atoms with Crippen molar-refractivity contribution in [3.8, 4) is 5.82 Å². The smallest absolute Gasteiger partial charge is 0.186 e. The minimum Gasteiger partial charge on any atom is -0.384 e. The van der Waals surface area contributed by atoms with Gasteiger partial charge < -0.3 is 5.73 Å². The second-order valence-corrected chi connectivity index (χ2v) is 3.47. The van der Waals surface area contributed by atoms with Crippen LogP contribution in [-0.2, 0) is 0 Å². The Morgan fingerprint density at radius 3 is 2.69 bits per heavy atom. The van der Waals surface area contributed by atoms with E-state index in [4.69, 9.17) is 11.1 Å². The fourth-order valence-corrected chi connectivity index (χ4v) is 1.47. The van der Waals surface area contributed by atoms with Crippen LogP contribution in [0.5, 0.6) is 0 Å². The van der Waals surface area contributed by atoms with Gasteiger partial charge in [0.1, 0.15) is 5.84 Å². The molecule has 2 heterocycles. The summed E-state index contributed by atoms with van der Waals surface area (Å²) in [4.78, 5) is 0. The summed E-state index contributed by atoms with van der Waals surface area (Å²) in [7, 11) is 0. The molecule has 6 heteroatoms. The first-order valence-electron chi connectivity index (χ1n) is 4.79. The molecule has 0 saturated heterocycles. The zero-order chi connectivity index (χ0) is 11.7. The number of nitrogens with zero attached hydrogens (tertiary/aromatic N) is 4. The van der Waals surface area contributed by atoms with Crippen molar-refractivity contribution in [1.29, 1.82) is 5.41 Å². The van der Waals surface area contributed by atoms with Gasteiger partial charge in [0.15, 0.2) is 5.82 Å². The monoisotopic (exact) mass is 216 g/mol. The molecular formula is C10H12N6. The zero-order valence-corrected chi connectivity index (χ0v) is 9.10. The molecule has 0 amide bonds. The first-order chi connectivity index (χ1) is 7.61. The van der Waals surface area contributed by atoms with Crippen LogP contribution in [0.15, 0.2) is 18.5 Å². The van der Waals surface area contributed by atoms with Gasteiger partial charge in [0, 0.05) is 12.4 Å². The summed E-state index contributed by atoms with van der Waals surface area (Å²) in [6.07, 6.45) is 3.38. The van der Waals surface area contributed by atoms with E-state index in [2.05, 4.69) is 15.3 Å². The summed E-state index contributed by atoms with van der Waals surface area (Å²) in [5, 5.41) is 19.7. The Hall–Kier alpha value is -2.24. The van der Waals surface area contributed by atoms with Crippen molar-refractivity contribution in [2.24, 2.45) is 5.73 Å². The SMILES string of the molecule is Cc1nnc(-n2cccn2)c(C(=N)N)c1C. The summed E-state index contributed by atoms with van der Waals surface area (Å²) in [6, 6.07) is 1.78. The van der Waals surface area contributed by atoms with E-state index in [1.54, 1.807) is 23.1 Å². The van der Waals surface area contributed by atoms with Crippen molar-refractivity contribution in [2.75, 3.05) is 0 Å². The van der Waals surface area contributed by atoms with E-state index in [0.717, 1.165) is 11.3 Å². The number of nitrogens with two attached hydrogens (primary N) is 1. The summed E-state index contributed by atoms with van der Waals surface area (Å²) in [6.45, 7) is 3.70. The van der Waals surface area contributed by atoms with Crippen molar-refractivity contribution in [3.05, 3.63) is 35.3 Å². The van der Waals surface area contributed by atoms with Gasteiger partial charge in [-0.1, -0.05) is 0 Å². The third kappa shape index (κ3) is 1.54. The third-order valence-corrected chi connectivity index (χ3v) is 2.43. The molecule has 2 aromatic rings. The van der Waals surface area contributed by atoms with Crippen LogP contribution in [0.4, 0.5) is 0 Å². The standard InChI is InChI=1S/C10H12N6/c1-6-7(2)14-15-10(8(6)9(11)12)16-5-3-4-13-16/h3-5H,1-2H3,(H3,11,12). The molecule has 0 unspecified atom stereocenters. The van der Waals surface area contributed by atoms with Gasteiger partial charge in [0.05, 0.1) is 11.3 Å². The number of aromatic nitrogens is 4. The Morgan fingerprint density at radius 1 is 1.38 bits per heavy atom. The lowest BCUT2D eigenvalue weighted by Crippen LogP contribution is -2.19. The third-order valence-electron chi connectivity index (χ3n) is 2.43. The molecular weight excluding hydrogens is 204 g/mol. The highest BCUT2D eigenvalue weighted by Crippen LogP contribution is 2.16. The van der Waals surface area contributed by atoms with E-state index in [1.165, 1.54) is 0 Å². The molecule has 0 radical (unpaired) electrons. The van der Waals surface area contributed by atoms with Crippen LogP contribution in [0, 0.1) is 19.3 Å². The number of aryl methyl sites for hydroxylation is 1. The molecule has 82 valence electrons. The normalized spacial score (nSPS) is 10.4. The molecule has 0 bridgehead atoms. The number of amidine groups is 1. The molecule has 2 rings (SSSR count). The van der Waals surface area contributed by atoms with E-state index in [9.17, 15) is 0 Å². The number of hydrogen-bond donors (Lipinski definition) is 2. The first kappa shape index (κ1) is 10.3. The summed E-state index contributed by atoms with van der Waals surface area (Å²) >= 11 is 0. The lowest BCUT2D eigenvalue weighted by atomic mass is 10.1. The molecule has 0 aliphatic heterocycles. The van der Waals surface area contributed by atoms with Crippen molar-refractivity contribution in [2.45, 2.75) is 13.8 Å². The Balaban J connectivity index is 2.71. The highest BCUT2D eigenvalue weighted by molar-refractivity contribution is 5.99. The van der Waals surface area contributed by atoms with Crippen molar-refractivity contribution >= 4 is 5.84 Å². The second kappa shape index (κ2) is 3.73. The molecule has 0 atom stereocenters. The van der Waals surface area contributed by atoms with Gasteiger partial charge in [-0.25, -0.2) is 4.68 Å². The van der Waals surface area contributed by atoms with E-state index in [0.29, 0.717) is 11.4 Å². The molecule has 0 aliphatic rings. The lowest BCUT2D eigenvalue weighted by Gasteiger charge is -2.10. The maximum absolute atomic E-state index is 7.59. The topological polar surface area (TPSA) is 93.5 Å². The fraction of sp³-hybridized carbons (Fsp3) is 0.200. The molecule has 0 fully saturated rings. The van der Waals surface area contributed by atoms with Crippen LogP contribution >= 0.6 is 0 Å². The van der Waals surface area contributed by atoms with Crippen LogP contribution in [0.2, 0.25) is 0 Å². The number of nitrogens with one attached hydrogen (secondary N) is 1. The minimum absolute atomic E-state index is 0.0269. The van der Waals surface area contributed by atoms with E-state index in [1.807, 2.05) is 13.8 Å². The number of hydrogen-bond acceptors (Lipinski definition) is 4. The minimum atomic E-state index is -0.0269. The summed E-state index contributed by atoms with van der Waals surface area (Å²) in [5.41, 5.74) is 7.76. The molecule has 16 heavy (non-hydrogen) atoms.